The van der Waals surface area contributed by atoms with Crippen molar-refractivity contribution in [3.05, 3.63) is 65.2 Å². The Labute approximate surface area is 144 Å². The lowest BCUT2D eigenvalue weighted by atomic mass is 10.1. The van der Waals surface area contributed by atoms with Crippen LogP contribution in [-0.2, 0) is 11.2 Å². The van der Waals surface area contributed by atoms with E-state index in [4.69, 9.17) is 11.6 Å². The fourth-order valence-corrected chi connectivity index (χ4v) is 2.54. The van der Waals surface area contributed by atoms with Crippen molar-refractivity contribution in [3.8, 4) is 0 Å². The van der Waals surface area contributed by atoms with Crippen LogP contribution in [0.1, 0.15) is 23.3 Å². The molecule has 1 aromatic carbocycles. The summed E-state index contributed by atoms with van der Waals surface area (Å²) >= 11 is 5.96. The van der Waals surface area contributed by atoms with E-state index in [2.05, 4.69) is 25.5 Å². The Kier molecular flexibility index (Phi) is 4.90. The van der Waals surface area contributed by atoms with Gasteiger partial charge in [0.2, 0.25) is 5.91 Å². The number of nitrogens with zero attached hydrogens (tertiary/aromatic N) is 4. The van der Waals surface area contributed by atoms with Gasteiger partial charge in [0.1, 0.15) is 5.82 Å². The molecule has 2 heterocycles. The highest BCUT2D eigenvalue weighted by Gasteiger charge is 2.15. The van der Waals surface area contributed by atoms with E-state index >= 15 is 0 Å². The van der Waals surface area contributed by atoms with Crippen molar-refractivity contribution < 1.29 is 4.79 Å². The standard InChI is InChI=1S/C16H17ClN6O/c1-11-20-15(22-21-11)8-16(24)19-9-14(23-7-6-18-10-23)12-2-4-13(17)5-3-12/h2-7,10,14H,8-9H2,1H3,(H,19,24)(H,20,21,22). The minimum atomic E-state index is -0.131. The van der Waals surface area contributed by atoms with Crippen molar-refractivity contribution >= 4 is 17.5 Å². The number of carbonyl (C=O) groups is 1. The van der Waals surface area contributed by atoms with Gasteiger partial charge in [0.25, 0.3) is 0 Å². The van der Waals surface area contributed by atoms with Crippen molar-refractivity contribution in [3.63, 3.8) is 0 Å². The lowest BCUT2D eigenvalue weighted by molar-refractivity contribution is -0.120. The molecule has 124 valence electrons. The van der Waals surface area contributed by atoms with Crippen LogP contribution in [0.5, 0.6) is 0 Å². The monoisotopic (exact) mass is 344 g/mol. The van der Waals surface area contributed by atoms with Crippen LogP contribution in [0.4, 0.5) is 0 Å². The van der Waals surface area contributed by atoms with Crippen LogP contribution in [0.2, 0.25) is 5.02 Å². The molecular weight excluding hydrogens is 328 g/mol. The maximum absolute atomic E-state index is 12.1. The van der Waals surface area contributed by atoms with Gasteiger partial charge in [0.05, 0.1) is 18.8 Å². The fraction of sp³-hybridized carbons (Fsp3) is 0.250. The molecule has 0 aliphatic heterocycles. The number of aromatic amines is 1. The van der Waals surface area contributed by atoms with Gasteiger partial charge in [-0.25, -0.2) is 9.97 Å². The van der Waals surface area contributed by atoms with E-state index in [1.54, 1.807) is 19.4 Å². The van der Waals surface area contributed by atoms with Gasteiger partial charge in [-0.05, 0) is 24.6 Å². The van der Waals surface area contributed by atoms with Gasteiger partial charge in [0.15, 0.2) is 5.82 Å². The molecule has 0 radical (unpaired) electrons. The fourth-order valence-electron chi connectivity index (χ4n) is 2.42. The van der Waals surface area contributed by atoms with Crippen LogP contribution >= 0.6 is 11.6 Å². The van der Waals surface area contributed by atoms with E-state index in [-0.39, 0.29) is 18.4 Å². The summed E-state index contributed by atoms with van der Waals surface area (Å²) < 4.78 is 1.94. The van der Waals surface area contributed by atoms with Crippen molar-refractivity contribution in [2.75, 3.05) is 6.54 Å². The van der Waals surface area contributed by atoms with Crippen molar-refractivity contribution in [2.45, 2.75) is 19.4 Å². The Morgan fingerprint density at radius 2 is 2.17 bits per heavy atom. The van der Waals surface area contributed by atoms with E-state index in [1.165, 1.54) is 0 Å². The quantitative estimate of drug-likeness (QED) is 0.715. The molecule has 2 aromatic heterocycles. The van der Waals surface area contributed by atoms with Gasteiger partial charge < -0.3 is 9.88 Å². The molecule has 0 bridgehead atoms. The summed E-state index contributed by atoms with van der Waals surface area (Å²) in [6.07, 6.45) is 5.44. The smallest absolute Gasteiger partial charge is 0.227 e. The van der Waals surface area contributed by atoms with Crippen LogP contribution in [0.3, 0.4) is 0 Å². The highest BCUT2D eigenvalue weighted by atomic mass is 35.5. The molecule has 2 N–H and O–H groups in total. The average molecular weight is 345 g/mol. The van der Waals surface area contributed by atoms with E-state index in [0.717, 1.165) is 5.56 Å². The highest BCUT2D eigenvalue weighted by Crippen LogP contribution is 2.20. The lowest BCUT2D eigenvalue weighted by Gasteiger charge is -2.19. The first-order chi connectivity index (χ1) is 11.6. The third-order valence-corrected chi connectivity index (χ3v) is 3.85. The van der Waals surface area contributed by atoms with Crippen molar-refractivity contribution in [1.82, 2.24) is 30.0 Å². The Hall–Kier alpha value is -2.67. The topological polar surface area (TPSA) is 88.5 Å². The number of nitrogens with one attached hydrogen (secondary N) is 2. The van der Waals surface area contributed by atoms with E-state index in [1.807, 2.05) is 35.0 Å². The molecule has 0 fully saturated rings. The average Bonchev–Trinajstić information content (AvgIpc) is 3.21. The first-order valence-corrected chi connectivity index (χ1v) is 7.87. The van der Waals surface area contributed by atoms with E-state index < -0.39 is 0 Å². The molecule has 24 heavy (non-hydrogen) atoms. The van der Waals surface area contributed by atoms with Gasteiger partial charge in [-0.3, -0.25) is 9.89 Å². The minimum Gasteiger partial charge on any atom is -0.353 e. The Bertz CT molecular complexity index is 796. The molecule has 0 spiro atoms. The normalized spacial score (nSPS) is 12.1. The molecule has 1 unspecified atom stereocenters. The number of aromatic nitrogens is 5. The molecule has 8 heteroatoms. The van der Waals surface area contributed by atoms with Gasteiger partial charge in [0, 0.05) is 24.0 Å². The van der Waals surface area contributed by atoms with Gasteiger partial charge in [-0.1, -0.05) is 23.7 Å². The van der Waals surface area contributed by atoms with Crippen LogP contribution in [0, 0.1) is 6.92 Å². The minimum absolute atomic E-state index is 0.0670. The predicted octanol–water partition coefficient (Wildman–Crippen LogP) is 1.91. The molecule has 3 rings (SSSR count). The summed E-state index contributed by atoms with van der Waals surface area (Å²) in [4.78, 5) is 20.4. The summed E-state index contributed by atoms with van der Waals surface area (Å²) in [5.74, 6) is 1.04. The second kappa shape index (κ2) is 7.27. The molecular formula is C16H17ClN6O. The highest BCUT2D eigenvalue weighted by molar-refractivity contribution is 6.30. The number of aryl methyl sites for hydroxylation is 1. The predicted molar refractivity (Wildman–Crippen MR) is 89.7 cm³/mol. The number of imidazole rings is 1. The molecule has 3 aromatic rings. The van der Waals surface area contributed by atoms with E-state index in [9.17, 15) is 4.79 Å². The second-order valence-electron chi connectivity index (χ2n) is 5.40. The van der Waals surface area contributed by atoms with Crippen molar-refractivity contribution in [2.24, 2.45) is 0 Å². The van der Waals surface area contributed by atoms with Gasteiger partial charge in [-0.15, -0.1) is 0 Å². The van der Waals surface area contributed by atoms with Gasteiger partial charge >= 0.3 is 0 Å². The summed E-state index contributed by atoms with van der Waals surface area (Å²) in [5.41, 5.74) is 1.03. The second-order valence-corrected chi connectivity index (χ2v) is 5.83. The number of amides is 1. The number of rotatable bonds is 6. The summed E-state index contributed by atoms with van der Waals surface area (Å²) in [7, 11) is 0. The number of H-pyrrole nitrogens is 1. The largest absolute Gasteiger partial charge is 0.353 e. The molecule has 1 atom stereocenters. The van der Waals surface area contributed by atoms with Crippen LogP contribution in [-0.4, -0.2) is 37.2 Å². The molecule has 0 aliphatic carbocycles. The zero-order valence-electron chi connectivity index (χ0n) is 13.1. The van der Waals surface area contributed by atoms with Crippen LogP contribution < -0.4 is 5.32 Å². The summed E-state index contributed by atoms with van der Waals surface area (Å²) in [6, 6.07) is 7.48. The maximum atomic E-state index is 12.1. The molecule has 0 saturated heterocycles. The third kappa shape index (κ3) is 3.99. The molecule has 7 nitrogen and oxygen atoms in total. The summed E-state index contributed by atoms with van der Waals surface area (Å²) in [5, 5.41) is 10.3. The SMILES string of the molecule is Cc1nc(CC(=O)NCC(c2ccc(Cl)cc2)n2ccnc2)n[nH]1. The third-order valence-electron chi connectivity index (χ3n) is 3.59. The molecule has 0 aliphatic rings. The Morgan fingerprint density at radius 1 is 1.38 bits per heavy atom. The van der Waals surface area contributed by atoms with Gasteiger partial charge in [-0.2, -0.15) is 5.10 Å². The zero-order chi connectivity index (χ0) is 16.9. The number of benzene rings is 1. The zero-order valence-corrected chi connectivity index (χ0v) is 13.9. The molecule has 0 saturated carbocycles. The van der Waals surface area contributed by atoms with Crippen LogP contribution in [0.15, 0.2) is 43.0 Å². The number of hydrogen-bond acceptors (Lipinski definition) is 4. The first kappa shape index (κ1) is 16.2. The molecule has 1 amide bonds. The lowest BCUT2D eigenvalue weighted by Crippen LogP contribution is -2.32. The first-order valence-electron chi connectivity index (χ1n) is 7.49. The van der Waals surface area contributed by atoms with Crippen LogP contribution in [0.25, 0.3) is 0 Å². The summed E-state index contributed by atoms with van der Waals surface area (Å²) in [6.45, 7) is 2.23. The Morgan fingerprint density at radius 3 is 2.79 bits per heavy atom. The van der Waals surface area contributed by atoms with E-state index in [0.29, 0.717) is 23.2 Å². The number of carbonyl (C=O) groups excluding carboxylic acids is 1. The van der Waals surface area contributed by atoms with Crippen molar-refractivity contribution in [1.29, 1.82) is 0 Å². The maximum Gasteiger partial charge on any atom is 0.227 e. The number of hydrogen-bond donors (Lipinski definition) is 2. The Balaban J connectivity index is 1.68. The number of halogens is 1.